The van der Waals surface area contributed by atoms with Gasteiger partial charge in [0.2, 0.25) is 10.0 Å². The zero-order chi connectivity index (χ0) is 11.3. The molecule has 0 radical (unpaired) electrons. The first-order valence-electron chi connectivity index (χ1n) is 5.49. The number of nitrogens with zero attached hydrogens (tertiary/aromatic N) is 1. The highest BCUT2D eigenvalue weighted by molar-refractivity contribution is 7.89. The number of likely N-dealkylation sites (tertiary alicyclic amines) is 1. The molecule has 3 N–H and O–H groups in total. The van der Waals surface area contributed by atoms with E-state index in [1.165, 1.54) is 0 Å². The first-order chi connectivity index (χ1) is 7.03. The Morgan fingerprint density at radius 3 is 2.75 bits per heavy atom. The van der Waals surface area contributed by atoms with Gasteiger partial charge in [-0.1, -0.05) is 0 Å². The lowest BCUT2D eigenvalue weighted by Crippen LogP contribution is -2.45. The molecule has 0 saturated carbocycles. The molecule has 0 amide bonds. The summed E-state index contributed by atoms with van der Waals surface area (Å²) in [6, 6.07) is 0.251. The molecule has 16 heavy (non-hydrogen) atoms. The van der Waals surface area contributed by atoms with Gasteiger partial charge in [-0.2, -0.15) is 0 Å². The zero-order valence-electron chi connectivity index (χ0n) is 9.68. The van der Waals surface area contributed by atoms with Crippen LogP contribution in [0.4, 0.5) is 0 Å². The fourth-order valence-electron chi connectivity index (χ4n) is 1.76. The Morgan fingerprint density at radius 1 is 1.50 bits per heavy atom. The van der Waals surface area contributed by atoms with E-state index in [1.807, 2.05) is 0 Å². The standard InChI is InChI=1S/C9H21N3O2S.ClH/c1-2-15(13,14)11-5-7-12-6-3-4-9(10)8-12;/h9,11H,2-8,10H2,1H3;1H/t9-;/m1./s1. The lowest BCUT2D eigenvalue weighted by atomic mass is 10.1. The fourth-order valence-corrected chi connectivity index (χ4v) is 2.36. The maximum atomic E-state index is 11.2. The minimum Gasteiger partial charge on any atom is -0.327 e. The highest BCUT2D eigenvalue weighted by Crippen LogP contribution is 2.06. The lowest BCUT2D eigenvalue weighted by molar-refractivity contribution is 0.212. The summed E-state index contributed by atoms with van der Waals surface area (Å²) in [6.45, 7) is 4.80. The van der Waals surface area contributed by atoms with E-state index in [4.69, 9.17) is 5.73 Å². The van der Waals surface area contributed by atoms with Gasteiger partial charge in [-0.15, -0.1) is 12.4 Å². The van der Waals surface area contributed by atoms with Crippen LogP contribution < -0.4 is 10.5 Å². The molecule has 1 atom stereocenters. The third-order valence-corrected chi connectivity index (χ3v) is 4.08. The van der Waals surface area contributed by atoms with Gasteiger partial charge < -0.3 is 10.6 Å². The first kappa shape index (κ1) is 16.1. The van der Waals surface area contributed by atoms with Crippen molar-refractivity contribution < 1.29 is 8.42 Å². The van der Waals surface area contributed by atoms with Crippen LogP contribution in [0.3, 0.4) is 0 Å². The van der Waals surface area contributed by atoms with E-state index < -0.39 is 10.0 Å². The summed E-state index contributed by atoms with van der Waals surface area (Å²) in [5.41, 5.74) is 5.83. The smallest absolute Gasteiger partial charge is 0.211 e. The molecule has 1 aliphatic heterocycles. The van der Waals surface area contributed by atoms with Gasteiger partial charge in [0.15, 0.2) is 0 Å². The van der Waals surface area contributed by atoms with Crippen molar-refractivity contribution in [2.24, 2.45) is 5.73 Å². The second-order valence-corrected chi connectivity index (χ2v) is 6.10. The quantitative estimate of drug-likeness (QED) is 0.724. The molecule has 0 spiro atoms. The van der Waals surface area contributed by atoms with Crippen molar-refractivity contribution in [2.75, 3.05) is 31.9 Å². The van der Waals surface area contributed by atoms with E-state index in [9.17, 15) is 8.42 Å². The average Bonchev–Trinajstić information content (AvgIpc) is 2.18. The van der Waals surface area contributed by atoms with E-state index in [2.05, 4.69) is 9.62 Å². The molecule has 1 heterocycles. The van der Waals surface area contributed by atoms with Crippen LogP contribution in [0.5, 0.6) is 0 Å². The second kappa shape index (κ2) is 7.45. The van der Waals surface area contributed by atoms with Crippen molar-refractivity contribution in [3.8, 4) is 0 Å². The van der Waals surface area contributed by atoms with E-state index in [0.29, 0.717) is 6.54 Å². The van der Waals surface area contributed by atoms with Gasteiger partial charge in [-0.05, 0) is 26.3 Å². The summed E-state index contributed by atoms with van der Waals surface area (Å²) >= 11 is 0. The third-order valence-electron chi connectivity index (χ3n) is 2.67. The number of nitrogens with two attached hydrogens (primary N) is 1. The van der Waals surface area contributed by atoms with Crippen molar-refractivity contribution in [2.45, 2.75) is 25.8 Å². The highest BCUT2D eigenvalue weighted by atomic mass is 35.5. The number of nitrogens with one attached hydrogen (secondary N) is 1. The van der Waals surface area contributed by atoms with Crippen molar-refractivity contribution in [3.63, 3.8) is 0 Å². The molecule has 1 aliphatic rings. The Hall–Kier alpha value is 0.120. The Kier molecular flexibility index (Phi) is 7.50. The lowest BCUT2D eigenvalue weighted by Gasteiger charge is -2.30. The summed E-state index contributed by atoms with van der Waals surface area (Å²) in [4.78, 5) is 2.21. The van der Waals surface area contributed by atoms with Gasteiger partial charge in [-0.3, -0.25) is 0 Å². The van der Waals surface area contributed by atoms with Crippen molar-refractivity contribution in [1.29, 1.82) is 0 Å². The van der Waals surface area contributed by atoms with Gasteiger partial charge in [0.1, 0.15) is 0 Å². The molecule has 0 aliphatic carbocycles. The van der Waals surface area contributed by atoms with Crippen molar-refractivity contribution in [3.05, 3.63) is 0 Å². The number of halogens is 1. The number of sulfonamides is 1. The van der Waals surface area contributed by atoms with Crippen LogP contribution in [0.2, 0.25) is 0 Å². The normalized spacial score (nSPS) is 22.8. The van der Waals surface area contributed by atoms with Crippen LogP contribution in [0.15, 0.2) is 0 Å². The monoisotopic (exact) mass is 271 g/mol. The van der Waals surface area contributed by atoms with Crippen molar-refractivity contribution >= 4 is 22.4 Å². The van der Waals surface area contributed by atoms with Crippen LogP contribution in [-0.2, 0) is 10.0 Å². The molecule has 1 rings (SSSR count). The molecule has 0 aromatic carbocycles. The highest BCUT2D eigenvalue weighted by Gasteiger charge is 2.16. The topological polar surface area (TPSA) is 75.4 Å². The van der Waals surface area contributed by atoms with Crippen LogP contribution in [0.1, 0.15) is 19.8 Å². The van der Waals surface area contributed by atoms with E-state index >= 15 is 0 Å². The molecule has 0 aromatic heterocycles. The van der Waals surface area contributed by atoms with E-state index in [-0.39, 0.29) is 24.2 Å². The number of piperidine rings is 1. The summed E-state index contributed by atoms with van der Waals surface area (Å²) in [7, 11) is -3.04. The molecule has 0 unspecified atom stereocenters. The number of rotatable bonds is 5. The van der Waals surface area contributed by atoms with Crippen LogP contribution in [0.25, 0.3) is 0 Å². The summed E-state index contributed by atoms with van der Waals surface area (Å²) < 4.78 is 24.9. The third kappa shape index (κ3) is 6.00. The predicted octanol–water partition coefficient (Wildman–Crippen LogP) is -0.229. The Morgan fingerprint density at radius 2 is 2.19 bits per heavy atom. The molecule has 0 bridgehead atoms. The maximum Gasteiger partial charge on any atom is 0.211 e. The molecule has 0 aromatic rings. The van der Waals surface area contributed by atoms with Gasteiger partial charge in [0.05, 0.1) is 5.75 Å². The van der Waals surface area contributed by atoms with Crippen LogP contribution >= 0.6 is 12.4 Å². The minimum absolute atomic E-state index is 0. The second-order valence-electron chi connectivity index (χ2n) is 4.00. The Balaban J connectivity index is 0.00000225. The summed E-state index contributed by atoms with van der Waals surface area (Å²) in [5.74, 6) is 0.145. The van der Waals surface area contributed by atoms with Gasteiger partial charge in [0, 0.05) is 25.7 Å². The predicted molar refractivity (Wildman–Crippen MR) is 68.4 cm³/mol. The van der Waals surface area contributed by atoms with Gasteiger partial charge in [0.25, 0.3) is 0 Å². The van der Waals surface area contributed by atoms with E-state index in [0.717, 1.165) is 32.5 Å². The number of hydrogen-bond donors (Lipinski definition) is 2. The summed E-state index contributed by atoms with van der Waals surface area (Å²) in [5, 5.41) is 0. The number of hydrogen-bond acceptors (Lipinski definition) is 4. The fraction of sp³-hybridized carbons (Fsp3) is 1.00. The Bertz CT molecular complexity index is 284. The van der Waals surface area contributed by atoms with Gasteiger partial charge in [-0.25, -0.2) is 13.1 Å². The first-order valence-corrected chi connectivity index (χ1v) is 7.14. The molecule has 7 heteroatoms. The largest absolute Gasteiger partial charge is 0.327 e. The van der Waals surface area contributed by atoms with E-state index in [1.54, 1.807) is 6.92 Å². The molecule has 98 valence electrons. The summed E-state index contributed by atoms with van der Waals surface area (Å²) in [6.07, 6.45) is 2.19. The molecular formula is C9H22ClN3O2S. The zero-order valence-corrected chi connectivity index (χ0v) is 11.3. The Labute approximate surface area is 104 Å². The maximum absolute atomic E-state index is 11.2. The minimum atomic E-state index is -3.04. The SMILES string of the molecule is CCS(=O)(=O)NCCN1CCC[C@@H](N)C1.Cl. The van der Waals surface area contributed by atoms with Crippen LogP contribution in [-0.4, -0.2) is 51.3 Å². The van der Waals surface area contributed by atoms with Gasteiger partial charge >= 0.3 is 0 Å². The molecule has 1 saturated heterocycles. The molecule has 1 fully saturated rings. The average molecular weight is 272 g/mol. The van der Waals surface area contributed by atoms with Crippen molar-refractivity contribution in [1.82, 2.24) is 9.62 Å². The molecule has 5 nitrogen and oxygen atoms in total. The van der Waals surface area contributed by atoms with Crippen LogP contribution in [0, 0.1) is 0 Å². The molecular weight excluding hydrogens is 250 g/mol.